The molecule has 0 unspecified atom stereocenters. The molecular formula is C24H36N4O2S4Si2. The Balaban J connectivity index is 1.46. The molecule has 0 aliphatic carbocycles. The van der Waals surface area contributed by atoms with Gasteiger partial charge in [0, 0.05) is 41.8 Å². The maximum Gasteiger partial charge on any atom is 0.149 e. The first-order valence-electron chi connectivity index (χ1n) is 12.1. The molecule has 2 aliphatic heterocycles. The summed E-state index contributed by atoms with van der Waals surface area (Å²) < 4.78 is 18.8. The summed E-state index contributed by atoms with van der Waals surface area (Å²) in [7, 11) is -2.22. The van der Waals surface area contributed by atoms with Crippen LogP contribution < -0.4 is 0 Å². The molecule has 4 heterocycles. The van der Waals surface area contributed by atoms with E-state index in [0.717, 1.165) is 47.4 Å². The average Bonchev–Trinajstić information content (AvgIpc) is 3.58. The second kappa shape index (κ2) is 12.5. The molecule has 0 saturated carbocycles. The lowest BCUT2D eigenvalue weighted by Crippen LogP contribution is -2.22. The second-order valence-electron chi connectivity index (χ2n) is 11.2. The van der Waals surface area contributed by atoms with Gasteiger partial charge in [0.15, 0.2) is 0 Å². The van der Waals surface area contributed by atoms with Gasteiger partial charge >= 0.3 is 0 Å². The Bertz CT molecular complexity index is 1140. The van der Waals surface area contributed by atoms with Crippen LogP contribution in [0, 0.1) is 0 Å². The third-order valence-electron chi connectivity index (χ3n) is 5.40. The van der Waals surface area contributed by atoms with Crippen LogP contribution in [0.4, 0.5) is 0 Å². The molecule has 6 nitrogen and oxygen atoms in total. The fourth-order valence-corrected chi connectivity index (χ4v) is 9.20. The first-order valence-corrected chi connectivity index (χ1v) is 23.0. The van der Waals surface area contributed by atoms with Gasteiger partial charge in [0.1, 0.15) is 30.7 Å². The molecule has 0 atom stereocenters. The van der Waals surface area contributed by atoms with Gasteiger partial charge in [-0.25, -0.2) is 9.97 Å². The maximum absolute atomic E-state index is 6.11. The number of rotatable bonds is 12. The predicted octanol–water partition coefficient (Wildman–Crippen LogP) is 8.23. The van der Waals surface area contributed by atoms with Crippen LogP contribution in [0.1, 0.15) is 5.82 Å². The number of hydrogen-bond acceptors (Lipinski definition) is 8. The summed E-state index contributed by atoms with van der Waals surface area (Å²) >= 11 is 7.16. The van der Waals surface area contributed by atoms with Crippen molar-refractivity contribution >= 4 is 68.1 Å². The third-order valence-corrected chi connectivity index (χ3v) is 13.8. The minimum Gasteiger partial charge on any atom is -0.361 e. The molecule has 2 aromatic heterocycles. The largest absolute Gasteiger partial charge is 0.361 e. The normalized spacial score (nSPS) is 16.4. The van der Waals surface area contributed by atoms with Crippen molar-refractivity contribution in [3.63, 3.8) is 0 Å². The lowest BCUT2D eigenvalue weighted by Gasteiger charge is -2.16. The van der Waals surface area contributed by atoms with Gasteiger partial charge in [-0.05, 0) is 28.3 Å². The highest BCUT2D eigenvalue weighted by molar-refractivity contribution is 8.35. The van der Waals surface area contributed by atoms with Crippen molar-refractivity contribution in [3.05, 3.63) is 49.2 Å². The second-order valence-corrected chi connectivity index (χ2v) is 26.7. The molecule has 0 fully saturated rings. The van der Waals surface area contributed by atoms with Crippen molar-refractivity contribution in [2.75, 3.05) is 13.2 Å². The lowest BCUT2D eigenvalue weighted by atomic mass is 10.4. The fraction of sp³-hybridized carbons (Fsp3) is 0.500. The number of thioether (sulfide) groups is 4. The molecule has 0 N–H and O–H groups in total. The average molecular weight is 597 g/mol. The summed E-state index contributed by atoms with van der Waals surface area (Å²) in [6.45, 7) is 16.8. The minimum atomic E-state index is -1.14. The van der Waals surface area contributed by atoms with E-state index < -0.39 is 16.1 Å². The van der Waals surface area contributed by atoms with E-state index >= 15 is 0 Å². The van der Waals surface area contributed by atoms with Gasteiger partial charge < -0.3 is 18.6 Å². The Morgan fingerprint density at radius 3 is 2.14 bits per heavy atom. The first-order chi connectivity index (χ1) is 17.1. The zero-order chi connectivity index (χ0) is 25.8. The number of hydrogen-bond donors (Lipinski definition) is 0. The topological polar surface area (TPSA) is 54.1 Å². The zero-order valence-corrected chi connectivity index (χ0v) is 27.2. The molecule has 4 rings (SSSR count). The van der Waals surface area contributed by atoms with Gasteiger partial charge in [-0.3, -0.25) is 0 Å². The van der Waals surface area contributed by atoms with Crippen molar-refractivity contribution in [1.29, 1.82) is 0 Å². The predicted molar refractivity (Wildman–Crippen MR) is 166 cm³/mol. The van der Waals surface area contributed by atoms with E-state index in [-0.39, 0.29) is 0 Å². The van der Waals surface area contributed by atoms with E-state index in [1.54, 1.807) is 47.0 Å². The van der Waals surface area contributed by atoms with Crippen LogP contribution in [-0.2, 0) is 22.9 Å². The van der Waals surface area contributed by atoms with Crippen molar-refractivity contribution in [1.82, 2.24) is 19.1 Å². The van der Waals surface area contributed by atoms with Gasteiger partial charge in [-0.2, -0.15) is 0 Å². The van der Waals surface area contributed by atoms with Crippen LogP contribution >= 0.6 is 47.0 Å². The van der Waals surface area contributed by atoms with Crippen molar-refractivity contribution < 1.29 is 9.47 Å². The van der Waals surface area contributed by atoms with Crippen LogP contribution in [0.25, 0.3) is 16.3 Å². The van der Waals surface area contributed by atoms with E-state index in [4.69, 9.17) is 14.5 Å². The Labute approximate surface area is 234 Å². The van der Waals surface area contributed by atoms with Crippen molar-refractivity contribution in [2.45, 2.75) is 64.8 Å². The molecule has 0 amide bonds. The summed E-state index contributed by atoms with van der Waals surface area (Å²) in [4.78, 5) is 10.8. The van der Waals surface area contributed by atoms with Crippen LogP contribution in [0.5, 0.6) is 0 Å². The van der Waals surface area contributed by atoms with Crippen LogP contribution in [0.2, 0.25) is 51.4 Å². The molecule has 196 valence electrons. The SMILES string of the molecule is C[Si](C)(C)CCOCn1cnc(-c2cn(COCC[Si](C)(C)C)c(C3=CSC(=C4SC=CS4)S3)n2)c1. The molecule has 2 aromatic rings. The maximum atomic E-state index is 6.11. The Morgan fingerprint density at radius 2 is 1.47 bits per heavy atom. The van der Waals surface area contributed by atoms with Gasteiger partial charge in [-0.15, -0.1) is 0 Å². The summed E-state index contributed by atoms with van der Waals surface area (Å²) in [5.41, 5.74) is 1.71. The summed E-state index contributed by atoms with van der Waals surface area (Å²) in [6.07, 6.45) is 5.92. The molecular weight excluding hydrogens is 561 g/mol. The fourth-order valence-electron chi connectivity index (χ4n) is 3.23. The molecule has 2 aliphatic rings. The quantitative estimate of drug-likeness (QED) is 0.179. The van der Waals surface area contributed by atoms with E-state index in [0.29, 0.717) is 13.5 Å². The van der Waals surface area contributed by atoms with Crippen molar-refractivity contribution in [3.8, 4) is 11.4 Å². The van der Waals surface area contributed by atoms with Crippen LogP contribution in [0.3, 0.4) is 0 Å². The zero-order valence-electron chi connectivity index (χ0n) is 21.9. The highest BCUT2D eigenvalue weighted by Gasteiger charge is 2.24. The molecule has 0 radical (unpaired) electrons. The first kappa shape index (κ1) is 28.4. The standard InChI is InChI=1S/C24H36N4O2S4Si2/c1-35(2,3)11-7-29-17-27-13-19(25-16-27)20-14-28(18-30-8-12-36(4,5)6)22(26-20)21-15-33-24(34-21)23-31-9-10-32-23/h9-10,13-16H,7-8,11-12,17-18H2,1-6H3. The highest BCUT2D eigenvalue weighted by Crippen LogP contribution is 2.55. The van der Waals surface area contributed by atoms with Gasteiger partial charge in [0.25, 0.3) is 0 Å². The Morgan fingerprint density at radius 1 is 0.806 bits per heavy atom. The highest BCUT2D eigenvalue weighted by atomic mass is 32.2. The molecule has 0 saturated heterocycles. The molecule has 0 aromatic carbocycles. The number of imidazole rings is 2. The molecule has 36 heavy (non-hydrogen) atoms. The molecule has 12 heteroatoms. The number of ether oxygens (including phenoxy) is 2. The van der Waals surface area contributed by atoms with Gasteiger partial charge in [0.05, 0.1) is 19.7 Å². The van der Waals surface area contributed by atoms with Gasteiger partial charge in [-0.1, -0.05) is 86.3 Å². The number of nitrogens with zero attached hydrogens (tertiary/aromatic N) is 4. The van der Waals surface area contributed by atoms with E-state index in [9.17, 15) is 0 Å². The van der Waals surface area contributed by atoms with Crippen molar-refractivity contribution in [2.24, 2.45) is 0 Å². The minimum absolute atomic E-state index is 0.493. The summed E-state index contributed by atoms with van der Waals surface area (Å²) in [5.74, 6) is 0.938. The van der Waals surface area contributed by atoms with Crippen LogP contribution in [-0.4, -0.2) is 48.5 Å². The molecule has 0 spiro atoms. The molecule has 0 bridgehead atoms. The smallest absolute Gasteiger partial charge is 0.149 e. The Hall–Kier alpha value is -0.606. The van der Waals surface area contributed by atoms with E-state index in [2.05, 4.69) is 71.3 Å². The van der Waals surface area contributed by atoms with E-state index in [1.807, 2.05) is 17.1 Å². The van der Waals surface area contributed by atoms with Gasteiger partial charge in [0.2, 0.25) is 0 Å². The summed E-state index contributed by atoms with van der Waals surface area (Å²) in [5, 5.41) is 6.49. The van der Waals surface area contributed by atoms with Crippen LogP contribution in [0.15, 0.2) is 43.4 Å². The number of aromatic nitrogens is 4. The lowest BCUT2D eigenvalue weighted by molar-refractivity contribution is 0.0866. The van der Waals surface area contributed by atoms with E-state index in [1.165, 1.54) is 8.47 Å². The third kappa shape index (κ3) is 8.45. The Kier molecular flexibility index (Phi) is 9.86. The monoisotopic (exact) mass is 596 g/mol. The summed E-state index contributed by atoms with van der Waals surface area (Å²) in [6, 6.07) is 2.31.